The number of hydrogen-bond acceptors (Lipinski definition) is 4. The van der Waals surface area contributed by atoms with Crippen molar-refractivity contribution in [1.82, 2.24) is 9.62 Å². The monoisotopic (exact) mass is 285 g/mol. The molecule has 0 atom stereocenters. The van der Waals surface area contributed by atoms with Crippen molar-refractivity contribution in [2.45, 2.75) is 12.7 Å². The van der Waals surface area contributed by atoms with Gasteiger partial charge in [0, 0.05) is 19.3 Å². The van der Waals surface area contributed by atoms with E-state index in [1.54, 1.807) is 31.2 Å². The molecule has 0 heterocycles. The summed E-state index contributed by atoms with van der Waals surface area (Å²) < 4.78 is 25.2. The molecule has 0 aliphatic heterocycles. The van der Waals surface area contributed by atoms with E-state index in [4.69, 9.17) is 5.73 Å². The van der Waals surface area contributed by atoms with Gasteiger partial charge in [-0.15, -0.1) is 0 Å². The van der Waals surface area contributed by atoms with Crippen LogP contribution in [0.3, 0.4) is 0 Å². The van der Waals surface area contributed by atoms with Crippen molar-refractivity contribution in [2.75, 3.05) is 25.9 Å². The summed E-state index contributed by atoms with van der Waals surface area (Å²) in [5, 5.41) is 2.56. The Morgan fingerprint density at radius 2 is 2.11 bits per heavy atom. The van der Waals surface area contributed by atoms with Crippen LogP contribution in [0.1, 0.15) is 12.5 Å². The Labute approximate surface area is 113 Å². The fourth-order valence-corrected chi connectivity index (χ4v) is 2.69. The highest BCUT2D eigenvalue weighted by atomic mass is 32.2. The fourth-order valence-electron chi connectivity index (χ4n) is 1.56. The summed E-state index contributed by atoms with van der Waals surface area (Å²) in [5.41, 5.74) is 6.71. The van der Waals surface area contributed by atoms with Gasteiger partial charge in [0.25, 0.3) is 0 Å². The third-order valence-corrected chi connectivity index (χ3v) is 4.29. The number of sulfonamides is 1. The number of likely N-dealkylation sites (N-methyl/N-ethyl adjacent to an activating group) is 2. The molecule has 0 aliphatic carbocycles. The Kier molecular flexibility index (Phi) is 5.31. The lowest BCUT2D eigenvalue weighted by Gasteiger charge is -2.16. The highest BCUT2D eigenvalue weighted by molar-refractivity contribution is 7.88. The lowest BCUT2D eigenvalue weighted by molar-refractivity contribution is -0.121. The summed E-state index contributed by atoms with van der Waals surface area (Å²) >= 11 is 0. The van der Waals surface area contributed by atoms with E-state index < -0.39 is 10.0 Å². The van der Waals surface area contributed by atoms with Crippen LogP contribution in [-0.4, -0.2) is 38.8 Å². The molecule has 0 aromatic heterocycles. The first kappa shape index (κ1) is 15.5. The van der Waals surface area contributed by atoms with Crippen molar-refractivity contribution in [3.8, 4) is 0 Å². The molecule has 3 N–H and O–H groups in total. The number of nitrogens with one attached hydrogen (secondary N) is 1. The maximum atomic E-state index is 12.1. The van der Waals surface area contributed by atoms with Gasteiger partial charge in [-0.3, -0.25) is 4.79 Å². The normalized spacial score (nSPS) is 11.5. The Morgan fingerprint density at radius 1 is 1.42 bits per heavy atom. The van der Waals surface area contributed by atoms with E-state index in [1.807, 2.05) is 0 Å². The molecule has 0 aliphatic rings. The number of benzene rings is 1. The highest BCUT2D eigenvalue weighted by Gasteiger charge is 2.20. The fraction of sp³-hybridized carbons (Fsp3) is 0.417. The van der Waals surface area contributed by atoms with Crippen LogP contribution in [0.25, 0.3) is 0 Å². The van der Waals surface area contributed by atoms with E-state index in [-0.39, 0.29) is 18.2 Å². The number of carbonyl (C=O) groups is 1. The van der Waals surface area contributed by atoms with Crippen molar-refractivity contribution in [3.05, 3.63) is 29.8 Å². The van der Waals surface area contributed by atoms with Crippen molar-refractivity contribution in [3.63, 3.8) is 0 Å². The number of nitrogen functional groups attached to an aromatic ring is 1. The molecule has 6 nitrogen and oxygen atoms in total. The molecule has 1 rings (SSSR count). The topological polar surface area (TPSA) is 92.5 Å². The Morgan fingerprint density at radius 3 is 2.68 bits per heavy atom. The predicted molar refractivity (Wildman–Crippen MR) is 74.8 cm³/mol. The second-order valence-electron chi connectivity index (χ2n) is 4.21. The van der Waals surface area contributed by atoms with Crippen LogP contribution in [0.2, 0.25) is 0 Å². The number of nitrogens with zero attached hydrogens (tertiary/aromatic N) is 1. The Bertz CT molecular complexity index is 543. The molecule has 0 fully saturated rings. The van der Waals surface area contributed by atoms with Crippen molar-refractivity contribution in [1.29, 1.82) is 0 Å². The number of rotatable bonds is 6. The second kappa shape index (κ2) is 6.53. The van der Waals surface area contributed by atoms with Crippen molar-refractivity contribution >= 4 is 21.6 Å². The number of hydrogen-bond donors (Lipinski definition) is 2. The van der Waals surface area contributed by atoms with Gasteiger partial charge in [-0.2, -0.15) is 4.31 Å². The van der Waals surface area contributed by atoms with E-state index in [0.717, 1.165) is 4.31 Å². The summed E-state index contributed by atoms with van der Waals surface area (Å²) in [4.78, 5) is 11.4. The van der Waals surface area contributed by atoms with E-state index >= 15 is 0 Å². The van der Waals surface area contributed by atoms with Crippen LogP contribution in [0.15, 0.2) is 24.3 Å². The van der Waals surface area contributed by atoms with Gasteiger partial charge in [-0.25, -0.2) is 8.42 Å². The van der Waals surface area contributed by atoms with Crippen LogP contribution in [0.4, 0.5) is 5.69 Å². The summed E-state index contributed by atoms with van der Waals surface area (Å²) in [6.07, 6.45) is 0. The molecular formula is C12H19N3O3S. The average molecular weight is 285 g/mol. The quantitative estimate of drug-likeness (QED) is 0.729. The molecule has 0 saturated carbocycles. The van der Waals surface area contributed by atoms with Crippen molar-refractivity contribution in [2.24, 2.45) is 0 Å². The van der Waals surface area contributed by atoms with Gasteiger partial charge in [-0.05, 0) is 24.6 Å². The third kappa shape index (κ3) is 4.88. The van der Waals surface area contributed by atoms with Crippen LogP contribution < -0.4 is 11.1 Å². The van der Waals surface area contributed by atoms with Gasteiger partial charge in [0.15, 0.2) is 0 Å². The van der Waals surface area contributed by atoms with E-state index in [9.17, 15) is 13.2 Å². The zero-order chi connectivity index (χ0) is 14.5. The molecule has 0 spiro atoms. The second-order valence-corrected chi connectivity index (χ2v) is 6.29. The molecule has 1 aromatic carbocycles. The molecule has 106 valence electrons. The first-order chi connectivity index (χ1) is 8.85. The molecule has 0 radical (unpaired) electrons. The number of amides is 1. The standard InChI is InChI=1S/C12H19N3O3S/c1-3-14-12(16)8-15(2)19(17,18)9-10-5-4-6-11(13)7-10/h4-7H,3,8-9,13H2,1-2H3,(H,14,16). The van der Waals surface area contributed by atoms with Gasteiger partial charge in [0.05, 0.1) is 12.3 Å². The maximum absolute atomic E-state index is 12.1. The average Bonchev–Trinajstić information content (AvgIpc) is 2.28. The minimum atomic E-state index is -3.53. The largest absolute Gasteiger partial charge is 0.399 e. The van der Waals surface area contributed by atoms with E-state index in [2.05, 4.69) is 5.32 Å². The van der Waals surface area contributed by atoms with E-state index in [1.165, 1.54) is 7.05 Å². The first-order valence-electron chi connectivity index (χ1n) is 5.90. The van der Waals surface area contributed by atoms with Crippen LogP contribution in [0.5, 0.6) is 0 Å². The Hall–Kier alpha value is -1.60. The van der Waals surface area contributed by atoms with Crippen LogP contribution in [-0.2, 0) is 20.6 Å². The molecule has 7 heteroatoms. The number of carbonyl (C=O) groups excluding carboxylic acids is 1. The molecule has 1 aromatic rings. The zero-order valence-corrected chi connectivity index (χ0v) is 11.9. The smallest absolute Gasteiger partial charge is 0.235 e. The molecule has 0 unspecified atom stereocenters. The molecule has 0 saturated heterocycles. The number of nitrogens with two attached hydrogens (primary N) is 1. The van der Waals surface area contributed by atoms with E-state index in [0.29, 0.717) is 17.8 Å². The van der Waals surface area contributed by atoms with Gasteiger partial charge in [0.1, 0.15) is 0 Å². The maximum Gasteiger partial charge on any atom is 0.235 e. The summed E-state index contributed by atoms with van der Waals surface area (Å²) in [7, 11) is -2.14. The van der Waals surface area contributed by atoms with Gasteiger partial charge < -0.3 is 11.1 Å². The lowest BCUT2D eigenvalue weighted by atomic mass is 10.2. The molecule has 19 heavy (non-hydrogen) atoms. The summed E-state index contributed by atoms with van der Waals surface area (Å²) in [6, 6.07) is 6.68. The first-order valence-corrected chi connectivity index (χ1v) is 7.51. The van der Waals surface area contributed by atoms with Crippen molar-refractivity contribution < 1.29 is 13.2 Å². The van der Waals surface area contributed by atoms with Gasteiger partial charge in [-0.1, -0.05) is 12.1 Å². The van der Waals surface area contributed by atoms with Gasteiger partial charge in [0.2, 0.25) is 15.9 Å². The van der Waals surface area contributed by atoms with Crippen LogP contribution in [0, 0.1) is 0 Å². The summed E-state index contributed by atoms with van der Waals surface area (Å²) in [5.74, 6) is -0.491. The minimum absolute atomic E-state index is 0.173. The summed E-state index contributed by atoms with van der Waals surface area (Å²) in [6.45, 7) is 2.07. The minimum Gasteiger partial charge on any atom is -0.399 e. The van der Waals surface area contributed by atoms with Gasteiger partial charge >= 0.3 is 0 Å². The van der Waals surface area contributed by atoms with Crippen LogP contribution >= 0.6 is 0 Å². The molecular weight excluding hydrogens is 266 g/mol. The molecule has 1 amide bonds. The Balaban J connectivity index is 2.72. The number of anilines is 1. The predicted octanol–water partition coefficient (Wildman–Crippen LogP) is 0.167. The highest BCUT2D eigenvalue weighted by Crippen LogP contribution is 2.12. The zero-order valence-electron chi connectivity index (χ0n) is 11.1. The SMILES string of the molecule is CCNC(=O)CN(C)S(=O)(=O)Cc1cccc(N)c1. The molecule has 0 bridgehead atoms. The lowest BCUT2D eigenvalue weighted by Crippen LogP contribution is -2.38. The third-order valence-electron chi connectivity index (χ3n) is 2.52.